The number of nitrogens with one attached hydrogen (secondary N) is 1. The van der Waals surface area contributed by atoms with Crippen LogP contribution in [0.2, 0.25) is 5.02 Å². The Morgan fingerprint density at radius 2 is 2.19 bits per heavy atom. The smallest absolute Gasteiger partial charge is 0.265 e. The second-order valence-electron chi connectivity index (χ2n) is 4.19. The minimum absolute atomic E-state index is 0.155. The molecule has 2 aromatic heterocycles. The number of carbonyl (C=O) groups is 1. The van der Waals surface area contributed by atoms with Crippen molar-refractivity contribution in [2.24, 2.45) is 0 Å². The number of rotatable bonds is 3. The number of hydrogen-bond donors (Lipinski definition) is 1. The minimum Gasteiger partial charge on any atom is -0.321 e. The van der Waals surface area contributed by atoms with Crippen LogP contribution in [-0.4, -0.2) is 15.5 Å². The van der Waals surface area contributed by atoms with Gasteiger partial charge in [0.05, 0.1) is 25.7 Å². The number of halogens is 2. The molecule has 1 amide bonds. The van der Waals surface area contributed by atoms with Crippen LogP contribution < -0.4 is 5.32 Å². The van der Waals surface area contributed by atoms with Crippen LogP contribution in [0.4, 0.5) is 5.69 Å². The van der Waals surface area contributed by atoms with Crippen molar-refractivity contribution in [3.05, 3.63) is 62.7 Å². The normalized spacial score (nSPS) is 10.6. The highest BCUT2D eigenvalue weighted by Gasteiger charge is 2.10. The number of carbonyl (C=O) groups excluding carboxylic acids is 1. The van der Waals surface area contributed by atoms with Gasteiger partial charge in [-0.1, -0.05) is 11.6 Å². The summed E-state index contributed by atoms with van der Waals surface area (Å²) < 4.78 is 2.73. The van der Waals surface area contributed by atoms with Crippen molar-refractivity contribution in [2.45, 2.75) is 0 Å². The molecule has 0 fully saturated rings. The molecule has 7 heteroatoms. The van der Waals surface area contributed by atoms with Crippen LogP contribution in [0.25, 0.3) is 5.69 Å². The Labute approximate surface area is 138 Å². The number of amides is 1. The zero-order valence-corrected chi connectivity index (χ0v) is 13.7. The lowest BCUT2D eigenvalue weighted by atomic mass is 10.2. The second-order valence-corrected chi connectivity index (χ2v) is 7.06. The van der Waals surface area contributed by atoms with Gasteiger partial charge in [0.25, 0.3) is 5.91 Å². The van der Waals surface area contributed by atoms with E-state index in [4.69, 9.17) is 11.6 Å². The van der Waals surface area contributed by atoms with Gasteiger partial charge >= 0.3 is 0 Å². The molecule has 3 aromatic rings. The first-order valence-corrected chi connectivity index (χ1v) is 7.97. The van der Waals surface area contributed by atoms with E-state index in [0.717, 1.165) is 9.47 Å². The van der Waals surface area contributed by atoms with Crippen molar-refractivity contribution in [1.82, 2.24) is 9.55 Å². The van der Waals surface area contributed by atoms with E-state index in [-0.39, 0.29) is 5.91 Å². The molecule has 0 saturated heterocycles. The van der Waals surface area contributed by atoms with Gasteiger partial charge in [0.1, 0.15) is 0 Å². The molecule has 0 spiro atoms. The van der Waals surface area contributed by atoms with E-state index < -0.39 is 0 Å². The molecule has 0 radical (unpaired) electrons. The fraction of sp³-hybridized carbons (Fsp3) is 0. The Balaban J connectivity index is 1.81. The number of anilines is 1. The van der Waals surface area contributed by atoms with E-state index in [0.29, 0.717) is 15.6 Å². The van der Waals surface area contributed by atoms with Gasteiger partial charge in [-0.05, 0) is 46.3 Å². The van der Waals surface area contributed by atoms with Crippen LogP contribution in [0.15, 0.2) is 52.8 Å². The van der Waals surface area contributed by atoms with Gasteiger partial charge in [0.15, 0.2) is 0 Å². The molecule has 3 rings (SSSR count). The fourth-order valence-corrected chi connectivity index (χ4v) is 3.38. The van der Waals surface area contributed by atoms with E-state index in [1.807, 2.05) is 29.0 Å². The van der Waals surface area contributed by atoms with E-state index in [2.05, 4.69) is 26.2 Å². The van der Waals surface area contributed by atoms with E-state index in [9.17, 15) is 4.79 Å². The first-order chi connectivity index (χ1) is 10.1. The maximum absolute atomic E-state index is 12.1. The molecule has 106 valence electrons. The third-order valence-electron chi connectivity index (χ3n) is 2.79. The van der Waals surface area contributed by atoms with Crippen molar-refractivity contribution in [2.75, 3.05) is 5.32 Å². The third kappa shape index (κ3) is 3.18. The molecule has 0 atom stereocenters. The molecular weight excluding hydrogens is 374 g/mol. The molecule has 0 unspecified atom stereocenters. The molecule has 21 heavy (non-hydrogen) atoms. The first kappa shape index (κ1) is 14.3. The monoisotopic (exact) mass is 381 g/mol. The van der Waals surface area contributed by atoms with Gasteiger partial charge in [0, 0.05) is 18.1 Å². The fourth-order valence-electron chi connectivity index (χ4n) is 1.82. The maximum atomic E-state index is 12.1. The Hall–Kier alpha value is -1.63. The number of imidazole rings is 1. The van der Waals surface area contributed by atoms with Crippen LogP contribution in [0.1, 0.15) is 9.67 Å². The highest BCUT2D eigenvalue weighted by atomic mass is 79.9. The Kier molecular flexibility index (Phi) is 4.10. The third-order valence-corrected chi connectivity index (χ3v) is 4.71. The first-order valence-electron chi connectivity index (χ1n) is 5.98. The molecule has 1 N–H and O–H groups in total. The van der Waals surface area contributed by atoms with Gasteiger partial charge in [0.2, 0.25) is 0 Å². The lowest BCUT2D eigenvalue weighted by molar-refractivity contribution is 0.103. The van der Waals surface area contributed by atoms with Crippen molar-refractivity contribution >= 4 is 50.5 Å². The molecule has 4 nitrogen and oxygen atoms in total. The van der Waals surface area contributed by atoms with Gasteiger partial charge < -0.3 is 9.88 Å². The lowest BCUT2D eigenvalue weighted by Gasteiger charge is -2.08. The lowest BCUT2D eigenvalue weighted by Crippen LogP contribution is -2.10. The van der Waals surface area contributed by atoms with Crippen molar-refractivity contribution < 1.29 is 4.79 Å². The van der Waals surface area contributed by atoms with Gasteiger partial charge in [-0.15, -0.1) is 11.3 Å². The summed E-state index contributed by atoms with van der Waals surface area (Å²) in [5, 5.41) is 3.37. The van der Waals surface area contributed by atoms with Crippen molar-refractivity contribution in [1.29, 1.82) is 0 Å². The highest BCUT2D eigenvalue weighted by molar-refractivity contribution is 9.11. The Morgan fingerprint density at radius 1 is 1.33 bits per heavy atom. The van der Waals surface area contributed by atoms with E-state index >= 15 is 0 Å². The summed E-state index contributed by atoms with van der Waals surface area (Å²) in [5.41, 5.74) is 1.46. The summed E-state index contributed by atoms with van der Waals surface area (Å²) in [6.45, 7) is 0. The molecule has 0 saturated carbocycles. The summed E-state index contributed by atoms with van der Waals surface area (Å²) in [6.07, 6.45) is 5.16. The average Bonchev–Trinajstić information content (AvgIpc) is 3.10. The molecule has 2 heterocycles. The maximum Gasteiger partial charge on any atom is 0.265 e. The number of nitrogens with zero attached hydrogens (tertiary/aromatic N) is 2. The molecular formula is C14H9BrClN3OS. The number of hydrogen-bond acceptors (Lipinski definition) is 3. The quantitative estimate of drug-likeness (QED) is 0.719. The van der Waals surface area contributed by atoms with E-state index in [1.165, 1.54) is 11.3 Å². The van der Waals surface area contributed by atoms with Crippen LogP contribution in [0.3, 0.4) is 0 Å². The molecule has 1 aromatic carbocycles. The van der Waals surface area contributed by atoms with Crippen LogP contribution in [-0.2, 0) is 0 Å². The largest absolute Gasteiger partial charge is 0.321 e. The van der Waals surface area contributed by atoms with Crippen LogP contribution >= 0.6 is 38.9 Å². The minimum atomic E-state index is -0.155. The highest BCUT2D eigenvalue weighted by Crippen LogP contribution is 2.26. The molecule has 0 aliphatic heterocycles. The van der Waals surface area contributed by atoms with Crippen LogP contribution in [0, 0.1) is 0 Å². The number of thiophene rings is 1. The zero-order valence-electron chi connectivity index (χ0n) is 10.6. The summed E-state index contributed by atoms with van der Waals surface area (Å²) in [5.74, 6) is -0.155. The molecule has 0 bridgehead atoms. The van der Waals surface area contributed by atoms with Crippen molar-refractivity contribution in [3.63, 3.8) is 0 Å². The van der Waals surface area contributed by atoms with Gasteiger partial charge in [-0.3, -0.25) is 4.79 Å². The predicted molar refractivity (Wildman–Crippen MR) is 88.5 cm³/mol. The van der Waals surface area contributed by atoms with Crippen molar-refractivity contribution in [3.8, 4) is 5.69 Å². The van der Waals surface area contributed by atoms with Gasteiger partial charge in [-0.2, -0.15) is 0 Å². The summed E-state index contributed by atoms with van der Waals surface area (Å²) >= 11 is 11.0. The Bertz CT molecular complexity index is 785. The topological polar surface area (TPSA) is 46.9 Å². The SMILES string of the molecule is O=C(Nc1ccc(-n2ccnc2)c(Cl)c1)c1ccc(Br)s1. The summed E-state index contributed by atoms with van der Waals surface area (Å²) in [7, 11) is 0. The summed E-state index contributed by atoms with van der Waals surface area (Å²) in [6, 6.07) is 8.98. The zero-order chi connectivity index (χ0) is 14.8. The van der Waals surface area contributed by atoms with Gasteiger partial charge in [-0.25, -0.2) is 4.98 Å². The molecule has 0 aliphatic rings. The number of benzene rings is 1. The second kappa shape index (κ2) is 6.01. The van der Waals surface area contributed by atoms with Crippen LogP contribution in [0.5, 0.6) is 0 Å². The predicted octanol–water partition coefficient (Wildman–Crippen LogP) is 4.60. The molecule has 0 aliphatic carbocycles. The average molecular weight is 383 g/mol. The summed E-state index contributed by atoms with van der Waals surface area (Å²) in [4.78, 5) is 16.7. The number of aromatic nitrogens is 2. The van der Waals surface area contributed by atoms with E-state index in [1.54, 1.807) is 24.7 Å². The Morgan fingerprint density at radius 3 is 2.81 bits per heavy atom. The standard InChI is InChI=1S/C14H9BrClN3OS/c15-13-4-3-12(21-13)14(20)18-9-1-2-11(10(16)7-9)19-6-5-17-8-19/h1-8H,(H,18,20).